The van der Waals surface area contributed by atoms with Crippen molar-refractivity contribution in [3.8, 4) is 16.9 Å². The number of pyridine rings is 1. The molecule has 0 saturated carbocycles. The van der Waals surface area contributed by atoms with E-state index in [2.05, 4.69) is 49.2 Å². The third-order valence-electron chi connectivity index (χ3n) is 4.64. The van der Waals surface area contributed by atoms with Crippen molar-refractivity contribution in [3.05, 3.63) is 48.3 Å². The fourth-order valence-corrected chi connectivity index (χ4v) is 3.16. The molecule has 2 nitrogen and oxygen atoms in total. The van der Waals surface area contributed by atoms with Gasteiger partial charge < -0.3 is 4.74 Å². The molecule has 0 radical (unpaired) electrons. The third-order valence-corrected chi connectivity index (χ3v) is 4.64. The van der Waals surface area contributed by atoms with E-state index in [1.165, 1.54) is 61.6 Å². The van der Waals surface area contributed by atoms with Crippen LogP contribution in [0.4, 0.5) is 0 Å². The van der Waals surface area contributed by atoms with Crippen molar-refractivity contribution in [1.82, 2.24) is 4.98 Å². The van der Waals surface area contributed by atoms with E-state index in [1.54, 1.807) is 0 Å². The molecule has 0 saturated heterocycles. The van der Waals surface area contributed by atoms with Crippen LogP contribution in [0.5, 0.6) is 5.75 Å². The van der Waals surface area contributed by atoms with Crippen LogP contribution < -0.4 is 4.74 Å². The SMILES string of the molecule is CCCCCCOc1ccccc1-c1ccncc1CCCCCC. The molecule has 1 aromatic carbocycles. The van der Waals surface area contributed by atoms with Gasteiger partial charge in [-0.25, -0.2) is 0 Å². The van der Waals surface area contributed by atoms with Crippen LogP contribution >= 0.6 is 0 Å². The first-order chi connectivity index (χ1) is 12.4. The highest BCUT2D eigenvalue weighted by atomic mass is 16.5. The first-order valence-corrected chi connectivity index (χ1v) is 10.0. The van der Waals surface area contributed by atoms with Crippen molar-refractivity contribution >= 4 is 0 Å². The zero-order valence-corrected chi connectivity index (χ0v) is 16.0. The highest BCUT2D eigenvalue weighted by Crippen LogP contribution is 2.32. The molecule has 0 atom stereocenters. The smallest absolute Gasteiger partial charge is 0.127 e. The molecule has 0 fully saturated rings. The minimum absolute atomic E-state index is 0.800. The van der Waals surface area contributed by atoms with Gasteiger partial charge in [0.05, 0.1) is 6.61 Å². The summed E-state index contributed by atoms with van der Waals surface area (Å²) in [5, 5.41) is 0. The monoisotopic (exact) mass is 339 g/mol. The second-order valence-corrected chi connectivity index (χ2v) is 6.75. The number of unbranched alkanes of at least 4 members (excludes halogenated alkanes) is 6. The molecule has 0 N–H and O–H groups in total. The molecule has 0 aliphatic rings. The lowest BCUT2D eigenvalue weighted by atomic mass is 9.97. The van der Waals surface area contributed by atoms with Gasteiger partial charge in [0.1, 0.15) is 5.75 Å². The summed E-state index contributed by atoms with van der Waals surface area (Å²) in [6, 6.07) is 10.6. The number of aromatic nitrogens is 1. The van der Waals surface area contributed by atoms with Gasteiger partial charge in [-0.15, -0.1) is 0 Å². The summed E-state index contributed by atoms with van der Waals surface area (Å²) in [6.07, 6.45) is 15.0. The van der Waals surface area contributed by atoms with Gasteiger partial charge in [0.15, 0.2) is 0 Å². The largest absolute Gasteiger partial charge is 0.493 e. The molecule has 0 aliphatic heterocycles. The van der Waals surface area contributed by atoms with E-state index >= 15 is 0 Å². The van der Waals surface area contributed by atoms with E-state index < -0.39 is 0 Å². The molecule has 0 amide bonds. The summed E-state index contributed by atoms with van der Waals surface area (Å²) in [4.78, 5) is 4.35. The molecule has 2 aromatic rings. The van der Waals surface area contributed by atoms with E-state index in [0.717, 1.165) is 25.2 Å². The number of para-hydroxylation sites is 1. The van der Waals surface area contributed by atoms with Crippen molar-refractivity contribution in [2.24, 2.45) is 0 Å². The maximum atomic E-state index is 6.12. The van der Waals surface area contributed by atoms with Gasteiger partial charge in [-0.1, -0.05) is 70.6 Å². The Balaban J connectivity index is 2.07. The summed E-state index contributed by atoms with van der Waals surface area (Å²) >= 11 is 0. The maximum Gasteiger partial charge on any atom is 0.127 e. The number of ether oxygens (including phenoxy) is 1. The molecule has 0 spiro atoms. The molecular formula is C23H33NO. The molecular weight excluding hydrogens is 306 g/mol. The van der Waals surface area contributed by atoms with Crippen LogP contribution in [-0.4, -0.2) is 11.6 Å². The van der Waals surface area contributed by atoms with Gasteiger partial charge in [-0.2, -0.15) is 0 Å². The van der Waals surface area contributed by atoms with E-state index in [1.807, 2.05) is 12.4 Å². The van der Waals surface area contributed by atoms with Crippen molar-refractivity contribution < 1.29 is 4.74 Å². The predicted molar refractivity (Wildman–Crippen MR) is 107 cm³/mol. The quantitative estimate of drug-likeness (QED) is 0.395. The lowest BCUT2D eigenvalue weighted by Gasteiger charge is -2.14. The van der Waals surface area contributed by atoms with E-state index in [0.29, 0.717) is 0 Å². The van der Waals surface area contributed by atoms with Gasteiger partial charge >= 0.3 is 0 Å². The lowest BCUT2D eigenvalue weighted by Crippen LogP contribution is -2.00. The Morgan fingerprint density at radius 2 is 1.56 bits per heavy atom. The molecule has 2 rings (SSSR count). The van der Waals surface area contributed by atoms with E-state index in [9.17, 15) is 0 Å². The second kappa shape index (κ2) is 11.7. The van der Waals surface area contributed by atoms with Gasteiger partial charge in [-0.3, -0.25) is 4.98 Å². The Kier molecular flexibility index (Phi) is 9.11. The topological polar surface area (TPSA) is 22.1 Å². The second-order valence-electron chi connectivity index (χ2n) is 6.75. The first-order valence-electron chi connectivity index (χ1n) is 10.0. The summed E-state index contributed by atoms with van der Waals surface area (Å²) < 4.78 is 6.12. The number of hydrogen-bond donors (Lipinski definition) is 0. The van der Waals surface area contributed by atoms with Crippen LogP contribution in [0.25, 0.3) is 11.1 Å². The van der Waals surface area contributed by atoms with Crippen LogP contribution in [0.2, 0.25) is 0 Å². The van der Waals surface area contributed by atoms with Crippen LogP contribution in [0, 0.1) is 0 Å². The normalized spacial score (nSPS) is 10.8. The standard InChI is InChI=1S/C23H33NO/c1-3-5-7-9-13-20-19-24-17-16-21(20)22-14-10-11-15-23(22)25-18-12-8-6-4-2/h10-11,14-17,19H,3-9,12-13,18H2,1-2H3. The molecule has 1 aromatic heterocycles. The molecule has 136 valence electrons. The third kappa shape index (κ3) is 6.53. The van der Waals surface area contributed by atoms with Gasteiger partial charge in [0.25, 0.3) is 0 Å². The van der Waals surface area contributed by atoms with Gasteiger partial charge in [0.2, 0.25) is 0 Å². The van der Waals surface area contributed by atoms with E-state index in [4.69, 9.17) is 4.74 Å². The highest BCUT2D eigenvalue weighted by Gasteiger charge is 2.10. The maximum absolute atomic E-state index is 6.12. The average molecular weight is 340 g/mol. The number of aryl methyl sites for hydroxylation is 1. The number of rotatable bonds is 12. The fraction of sp³-hybridized carbons (Fsp3) is 0.522. The van der Waals surface area contributed by atoms with Crippen LogP contribution in [0.1, 0.15) is 70.8 Å². The average Bonchev–Trinajstić information content (AvgIpc) is 2.66. The van der Waals surface area contributed by atoms with Gasteiger partial charge in [-0.05, 0) is 42.5 Å². The minimum Gasteiger partial charge on any atom is -0.493 e. The zero-order chi connectivity index (χ0) is 17.7. The van der Waals surface area contributed by atoms with Crippen molar-refractivity contribution in [1.29, 1.82) is 0 Å². The van der Waals surface area contributed by atoms with Crippen LogP contribution in [0.3, 0.4) is 0 Å². The number of hydrogen-bond acceptors (Lipinski definition) is 2. The first kappa shape index (κ1) is 19.5. The highest BCUT2D eigenvalue weighted by molar-refractivity contribution is 5.72. The molecule has 1 heterocycles. The van der Waals surface area contributed by atoms with Crippen molar-refractivity contribution in [3.63, 3.8) is 0 Å². The fourth-order valence-electron chi connectivity index (χ4n) is 3.16. The molecule has 0 bridgehead atoms. The van der Waals surface area contributed by atoms with Crippen molar-refractivity contribution in [2.75, 3.05) is 6.61 Å². The summed E-state index contributed by atoms with van der Waals surface area (Å²) in [5.74, 6) is 1.00. The lowest BCUT2D eigenvalue weighted by molar-refractivity contribution is 0.306. The van der Waals surface area contributed by atoms with Crippen LogP contribution in [0.15, 0.2) is 42.7 Å². The molecule has 2 heteroatoms. The Labute approximate surface area is 153 Å². The summed E-state index contributed by atoms with van der Waals surface area (Å²) in [7, 11) is 0. The molecule has 0 unspecified atom stereocenters. The molecule has 25 heavy (non-hydrogen) atoms. The Hall–Kier alpha value is -1.83. The number of nitrogens with zero attached hydrogens (tertiary/aromatic N) is 1. The summed E-state index contributed by atoms with van der Waals surface area (Å²) in [6.45, 7) is 5.29. The minimum atomic E-state index is 0.800. The van der Waals surface area contributed by atoms with Crippen LogP contribution in [-0.2, 0) is 6.42 Å². The Morgan fingerprint density at radius 1 is 0.800 bits per heavy atom. The molecule has 0 aliphatic carbocycles. The van der Waals surface area contributed by atoms with Gasteiger partial charge in [0, 0.05) is 18.0 Å². The van der Waals surface area contributed by atoms with E-state index in [-0.39, 0.29) is 0 Å². The number of benzene rings is 1. The zero-order valence-electron chi connectivity index (χ0n) is 16.0. The Bertz CT molecular complexity index is 609. The summed E-state index contributed by atoms with van der Waals surface area (Å²) in [5.41, 5.74) is 3.81. The Morgan fingerprint density at radius 3 is 2.36 bits per heavy atom. The predicted octanol–water partition coefficient (Wildman–Crippen LogP) is 6.83. The van der Waals surface area contributed by atoms with Crippen molar-refractivity contribution in [2.45, 2.75) is 71.6 Å².